The maximum Gasteiger partial charge on any atom is 0 e. The van der Waals surface area contributed by atoms with Crippen molar-refractivity contribution in [1.29, 1.82) is 0 Å². The summed E-state index contributed by atoms with van der Waals surface area (Å²) in [6.07, 6.45) is 7.67. The number of rotatable bonds is 1. The molecule has 0 amide bonds. The van der Waals surface area contributed by atoms with Crippen LogP contribution < -0.4 is 0 Å². The van der Waals surface area contributed by atoms with Crippen LogP contribution in [0.2, 0.25) is 0 Å². The van der Waals surface area contributed by atoms with Crippen molar-refractivity contribution >= 4 is 0 Å². The molecule has 14 heavy (non-hydrogen) atoms. The van der Waals surface area contributed by atoms with Gasteiger partial charge in [-0.05, 0) is 5.92 Å². The van der Waals surface area contributed by atoms with Crippen molar-refractivity contribution in [2.24, 2.45) is 16.7 Å². The molecular formula is C13H24Y-2. The molecule has 0 saturated heterocycles. The van der Waals surface area contributed by atoms with Crippen molar-refractivity contribution in [2.75, 3.05) is 0 Å². The van der Waals surface area contributed by atoms with Crippen molar-refractivity contribution in [3.8, 4) is 0 Å². The summed E-state index contributed by atoms with van der Waals surface area (Å²) in [6.45, 7) is 13.7. The van der Waals surface area contributed by atoms with Crippen LogP contribution in [0.3, 0.4) is 0 Å². The van der Waals surface area contributed by atoms with Gasteiger partial charge in [0.05, 0.1) is 0 Å². The molecule has 1 radical (unpaired) electrons. The van der Waals surface area contributed by atoms with Gasteiger partial charge in [0.25, 0.3) is 0 Å². The molecule has 0 aromatic carbocycles. The Bertz CT molecular complexity index is 174. The van der Waals surface area contributed by atoms with E-state index in [2.05, 4.69) is 41.0 Å². The van der Waals surface area contributed by atoms with E-state index in [1.54, 1.807) is 0 Å². The van der Waals surface area contributed by atoms with Crippen molar-refractivity contribution in [1.82, 2.24) is 0 Å². The van der Waals surface area contributed by atoms with Crippen LogP contribution in [0.5, 0.6) is 0 Å². The SMILES string of the molecule is [CH2-]C1([CH-]C)CC(C)CCCC1(C)C.[Y]. The first-order valence-electron chi connectivity index (χ1n) is 5.57. The normalized spacial score (nSPS) is 37.1. The quantitative estimate of drug-likeness (QED) is 0.492. The van der Waals surface area contributed by atoms with E-state index in [9.17, 15) is 0 Å². The average Bonchev–Trinajstić information content (AvgIpc) is 2.11. The molecule has 1 fully saturated rings. The first-order chi connectivity index (χ1) is 5.91. The maximum absolute atomic E-state index is 4.46. The van der Waals surface area contributed by atoms with Crippen molar-refractivity contribution in [3.63, 3.8) is 0 Å². The predicted octanol–water partition coefficient (Wildman–Crippen LogP) is 4.26. The van der Waals surface area contributed by atoms with Gasteiger partial charge in [-0.15, -0.1) is 0 Å². The van der Waals surface area contributed by atoms with Crippen LogP contribution in [0, 0.1) is 30.1 Å². The van der Waals surface area contributed by atoms with Crippen LogP contribution >= 0.6 is 0 Å². The minimum absolute atomic E-state index is 0. The Hall–Kier alpha value is 1.10. The number of hydrogen-bond acceptors (Lipinski definition) is 0. The summed E-state index contributed by atoms with van der Waals surface area (Å²) in [5, 5.41) is 0. The zero-order chi connectivity index (χ0) is 10.1. The van der Waals surface area contributed by atoms with Crippen molar-refractivity contribution in [3.05, 3.63) is 13.3 Å². The molecule has 1 rings (SSSR count). The molecule has 0 heterocycles. The standard InChI is InChI=1S/C13H24.Y/c1-6-13(5)10-11(2)8-7-9-12(13,3)4;/h6,11H,5,7-10H2,1-4H3;/q-2;. The van der Waals surface area contributed by atoms with Gasteiger partial charge < -0.3 is 13.3 Å². The molecule has 0 N–H and O–H groups in total. The average molecular weight is 269 g/mol. The second kappa shape index (κ2) is 5.44. The third-order valence-electron chi connectivity index (χ3n) is 4.11. The van der Waals surface area contributed by atoms with Crippen molar-refractivity contribution < 1.29 is 32.7 Å². The smallest absolute Gasteiger partial charge is 0 e. The molecule has 0 bridgehead atoms. The van der Waals surface area contributed by atoms with Gasteiger partial charge in [0.2, 0.25) is 0 Å². The van der Waals surface area contributed by atoms with E-state index in [1.807, 2.05) is 0 Å². The minimum Gasteiger partial charge on any atom is -0.366 e. The van der Waals surface area contributed by atoms with Crippen molar-refractivity contribution in [2.45, 2.75) is 53.4 Å². The van der Waals surface area contributed by atoms with E-state index in [0.29, 0.717) is 5.41 Å². The third kappa shape index (κ3) is 3.05. The van der Waals surface area contributed by atoms with Gasteiger partial charge in [-0.2, -0.15) is 6.92 Å². The first-order valence-corrected chi connectivity index (χ1v) is 5.57. The molecular weight excluding hydrogens is 245 g/mol. The Morgan fingerprint density at radius 1 is 1.36 bits per heavy atom. The first kappa shape index (κ1) is 15.1. The van der Waals surface area contributed by atoms with Gasteiger partial charge in [0.15, 0.2) is 0 Å². The maximum atomic E-state index is 4.46. The van der Waals surface area contributed by atoms with Gasteiger partial charge in [-0.3, -0.25) is 5.41 Å². The molecule has 2 unspecified atom stereocenters. The van der Waals surface area contributed by atoms with E-state index in [-0.39, 0.29) is 38.1 Å². The molecule has 81 valence electrons. The molecule has 0 nitrogen and oxygen atoms in total. The van der Waals surface area contributed by atoms with Crippen LogP contribution in [-0.4, -0.2) is 0 Å². The fourth-order valence-corrected chi connectivity index (χ4v) is 2.65. The summed E-state index contributed by atoms with van der Waals surface area (Å²) < 4.78 is 0. The van der Waals surface area contributed by atoms with E-state index in [4.69, 9.17) is 0 Å². The summed E-state index contributed by atoms with van der Waals surface area (Å²) in [6, 6.07) is 0. The van der Waals surface area contributed by atoms with Crippen LogP contribution in [0.1, 0.15) is 53.4 Å². The van der Waals surface area contributed by atoms with Gasteiger partial charge in [0, 0.05) is 32.7 Å². The molecule has 0 aromatic rings. The fraction of sp³-hybridized carbons (Fsp3) is 0.846. The predicted molar refractivity (Wildman–Crippen MR) is 59.2 cm³/mol. The molecule has 1 aliphatic rings. The Morgan fingerprint density at radius 3 is 2.43 bits per heavy atom. The topological polar surface area (TPSA) is 0 Å². The molecule has 2 atom stereocenters. The van der Waals surface area contributed by atoms with E-state index < -0.39 is 0 Å². The Labute approximate surface area is 115 Å². The second-order valence-corrected chi connectivity index (χ2v) is 5.53. The largest absolute Gasteiger partial charge is 0.366 e. The monoisotopic (exact) mass is 269 g/mol. The molecule has 0 spiro atoms. The Balaban J connectivity index is 0.00000169. The van der Waals surface area contributed by atoms with Gasteiger partial charge in [0.1, 0.15) is 0 Å². The second-order valence-electron chi connectivity index (χ2n) is 5.53. The molecule has 0 aliphatic heterocycles. The van der Waals surface area contributed by atoms with Crippen LogP contribution in [0.25, 0.3) is 0 Å². The zero-order valence-corrected chi connectivity index (χ0v) is 13.1. The molecule has 1 aliphatic carbocycles. The van der Waals surface area contributed by atoms with Gasteiger partial charge >= 0.3 is 0 Å². The molecule has 1 heteroatoms. The zero-order valence-electron chi connectivity index (χ0n) is 10.3. The summed E-state index contributed by atoms with van der Waals surface area (Å²) >= 11 is 0. The Morgan fingerprint density at radius 2 is 1.93 bits per heavy atom. The fourth-order valence-electron chi connectivity index (χ4n) is 2.65. The van der Waals surface area contributed by atoms with Gasteiger partial charge in [-0.25, -0.2) is 0 Å². The van der Waals surface area contributed by atoms with E-state index in [1.165, 1.54) is 25.7 Å². The summed E-state index contributed by atoms with van der Waals surface area (Å²) in [5.41, 5.74) is 0.579. The van der Waals surface area contributed by atoms with Crippen LogP contribution in [0.4, 0.5) is 0 Å². The number of hydrogen-bond donors (Lipinski definition) is 0. The molecule has 0 aromatic heterocycles. The van der Waals surface area contributed by atoms with Crippen LogP contribution in [0.15, 0.2) is 0 Å². The van der Waals surface area contributed by atoms with Crippen LogP contribution in [-0.2, 0) is 32.7 Å². The summed E-state index contributed by atoms with van der Waals surface area (Å²) in [7, 11) is 0. The molecule has 1 saturated carbocycles. The van der Waals surface area contributed by atoms with E-state index >= 15 is 0 Å². The summed E-state index contributed by atoms with van der Waals surface area (Å²) in [4.78, 5) is 0. The summed E-state index contributed by atoms with van der Waals surface area (Å²) in [5.74, 6) is 0.843. The Kier molecular flexibility index (Phi) is 5.87. The van der Waals surface area contributed by atoms with E-state index in [0.717, 1.165) is 5.92 Å². The third-order valence-corrected chi connectivity index (χ3v) is 4.11. The minimum atomic E-state index is 0. The van der Waals surface area contributed by atoms with Gasteiger partial charge in [-0.1, -0.05) is 51.9 Å².